The average molecular weight is 286 g/mol. The van der Waals surface area contributed by atoms with Crippen LogP contribution >= 0.6 is 0 Å². The highest BCUT2D eigenvalue weighted by molar-refractivity contribution is 5.91. The topological polar surface area (TPSA) is 53.4 Å². The van der Waals surface area contributed by atoms with Crippen LogP contribution in [-0.2, 0) is 6.42 Å². The van der Waals surface area contributed by atoms with Crippen LogP contribution in [0.15, 0.2) is 17.8 Å². The van der Waals surface area contributed by atoms with Crippen LogP contribution in [0, 0.1) is 5.92 Å². The summed E-state index contributed by atoms with van der Waals surface area (Å²) >= 11 is 0. The molecule has 1 unspecified atom stereocenters. The number of aromatic carboxylic acids is 1. The van der Waals surface area contributed by atoms with Crippen LogP contribution in [-0.4, -0.2) is 41.1 Å². The van der Waals surface area contributed by atoms with Crippen LogP contribution in [0.5, 0.6) is 0 Å². The third-order valence-electron chi connectivity index (χ3n) is 4.81. The van der Waals surface area contributed by atoms with E-state index in [-0.39, 0.29) is 0 Å². The lowest BCUT2D eigenvalue weighted by atomic mass is 9.89. The Morgan fingerprint density at radius 2 is 2.10 bits per heavy atom. The maximum absolute atomic E-state index is 11.4. The molecule has 0 spiro atoms. The molecule has 4 nitrogen and oxygen atoms in total. The van der Waals surface area contributed by atoms with E-state index >= 15 is 0 Å². The summed E-state index contributed by atoms with van der Waals surface area (Å²) in [5.74, 6) is -0.167. The van der Waals surface area contributed by atoms with Crippen LogP contribution in [0.1, 0.15) is 47.3 Å². The molecule has 3 rings (SSSR count). The van der Waals surface area contributed by atoms with Gasteiger partial charge in [0.05, 0.1) is 11.3 Å². The lowest BCUT2D eigenvalue weighted by molar-refractivity contribution is 0.0695. The fourth-order valence-corrected chi connectivity index (χ4v) is 3.97. The van der Waals surface area contributed by atoms with Gasteiger partial charge in [-0.1, -0.05) is 12.8 Å². The number of hydrogen-bond acceptors (Lipinski definition) is 3. The van der Waals surface area contributed by atoms with Crippen molar-refractivity contribution in [3.05, 3.63) is 34.7 Å². The van der Waals surface area contributed by atoms with Crippen LogP contribution in [0.4, 0.5) is 0 Å². The minimum atomic E-state index is -0.856. The van der Waals surface area contributed by atoms with Crippen molar-refractivity contribution in [2.75, 3.05) is 14.1 Å². The molecule has 0 bridgehead atoms. The Bertz CT molecular complexity index is 586. The Hall–Kier alpha value is -1.68. The SMILES string of the molecule is CN(C)C(C1=Cc2nccc(C(=O)O)c2C1)C1CCCC1. The highest BCUT2D eigenvalue weighted by Gasteiger charge is 2.33. The average Bonchev–Trinajstić information content (AvgIpc) is 3.06. The first-order valence-electron chi connectivity index (χ1n) is 7.66. The molecule has 1 fully saturated rings. The molecule has 1 aromatic rings. The van der Waals surface area contributed by atoms with Crippen LogP contribution < -0.4 is 0 Å². The molecule has 0 aromatic carbocycles. The molecule has 21 heavy (non-hydrogen) atoms. The van der Waals surface area contributed by atoms with E-state index in [1.165, 1.54) is 31.3 Å². The number of hydrogen-bond donors (Lipinski definition) is 1. The number of nitrogens with zero attached hydrogens (tertiary/aromatic N) is 2. The third kappa shape index (κ3) is 2.60. The molecule has 1 heterocycles. The first-order valence-corrected chi connectivity index (χ1v) is 7.66. The Kier molecular flexibility index (Phi) is 3.81. The van der Waals surface area contributed by atoms with Crippen molar-refractivity contribution in [3.8, 4) is 0 Å². The van der Waals surface area contributed by atoms with Gasteiger partial charge >= 0.3 is 5.97 Å². The van der Waals surface area contributed by atoms with Gasteiger partial charge in [0.1, 0.15) is 0 Å². The highest BCUT2D eigenvalue weighted by atomic mass is 16.4. The summed E-state index contributed by atoms with van der Waals surface area (Å²) in [5, 5.41) is 9.33. The van der Waals surface area contributed by atoms with E-state index in [9.17, 15) is 9.90 Å². The van der Waals surface area contributed by atoms with Crippen molar-refractivity contribution < 1.29 is 9.90 Å². The first-order chi connectivity index (χ1) is 10.1. The van der Waals surface area contributed by atoms with E-state index in [2.05, 4.69) is 30.1 Å². The van der Waals surface area contributed by atoms with Crippen LogP contribution in [0.2, 0.25) is 0 Å². The van der Waals surface area contributed by atoms with Gasteiger partial charge in [-0.2, -0.15) is 0 Å². The molecular formula is C17H22N2O2. The largest absolute Gasteiger partial charge is 0.478 e. The van der Waals surface area contributed by atoms with Crippen molar-refractivity contribution in [2.24, 2.45) is 5.92 Å². The molecule has 2 aliphatic rings. The maximum atomic E-state index is 11.4. The number of fused-ring (bicyclic) bond motifs is 1. The van der Waals surface area contributed by atoms with E-state index in [1.807, 2.05) is 0 Å². The molecule has 1 N–H and O–H groups in total. The quantitative estimate of drug-likeness (QED) is 0.924. The number of carboxylic acid groups (broad SMARTS) is 1. The van der Waals surface area contributed by atoms with Crippen molar-refractivity contribution in [1.29, 1.82) is 0 Å². The molecule has 0 aliphatic heterocycles. The smallest absolute Gasteiger partial charge is 0.336 e. The fourth-order valence-electron chi connectivity index (χ4n) is 3.97. The minimum absolute atomic E-state index is 0.398. The van der Waals surface area contributed by atoms with Gasteiger partial charge in [0.2, 0.25) is 0 Å². The van der Waals surface area contributed by atoms with Gasteiger partial charge in [-0.05, 0) is 62.6 Å². The van der Waals surface area contributed by atoms with E-state index in [0.717, 1.165) is 17.7 Å². The zero-order chi connectivity index (χ0) is 15.0. The predicted molar refractivity (Wildman–Crippen MR) is 82.3 cm³/mol. The van der Waals surface area contributed by atoms with Crippen molar-refractivity contribution in [1.82, 2.24) is 9.88 Å². The third-order valence-corrected chi connectivity index (χ3v) is 4.81. The van der Waals surface area contributed by atoms with Gasteiger partial charge in [-0.25, -0.2) is 4.79 Å². The van der Waals surface area contributed by atoms with Gasteiger partial charge < -0.3 is 10.0 Å². The lowest BCUT2D eigenvalue weighted by Crippen LogP contribution is -2.36. The van der Waals surface area contributed by atoms with Gasteiger partial charge in [0.15, 0.2) is 0 Å². The second-order valence-corrected chi connectivity index (χ2v) is 6.38. The predicted octanol–water partition coefficient (Wildman–Crippen LogP) is 2.84. The van der Waals surface area contributed by atoms with E-state index < -0.39 is 5.97 Å². The molecule has 0 radical (unpaired) electrons. The summed E-state index contributed by atoms with van der Waals surface area (Å²) < 4.78 is 0. The Balaban J connectivity index is 1.91. The van der Waals surface area contributed by atoms with Gasteiger partial charge in [0, 0.05) is 12.2 Å². The van der Waals surface area contributed by atoms with E-state index in [4.69, 9.17) is 0 Å². The number of carboxylic acids is 1. The summed E-state index contributed by atoms with van der Waals surface area (Å²) in [6.45, 7) is 0. The summed E-state index contributed by atoms with van der Waals surface area (Å²) in [7, 11) is 4.25. The number of pyridine rings is 1. The molecule has 0 amide bonds. The van der Waals surface area contributed by atoms with Gasteiger partial charge in [-0.3, -0.25) is 4.98 Å². The number of likely N-dealkylation sites (N-methyl/N-ethyl adjacent to an activating group) is 1. The second-order valence-electron chi connectivity index (χ2n) is 6.38. The molecule has 2 aliphatic carbocycles. The van der Waals surface area contributed by atoms with Crippen molar-refractivity contribution in [3.63, 3.8) is 0 Å². The van der Waals surface area contributed by atoms with E-state index in [0.29, 0.717) is 17.5 Å². The Labute approximate surface area is 125 Å². The van der Waals surface area contributed by atoms with Gasteiger partial charge in [-0.15, -0.1) is 0 Å². The zero-order valence-electron chi connectivity index (χ0n) is 12.7. The molecule has 1 atom stereocenters. The second kappa shape index (κ2) is 5.60. The molecular weight excluding hydrogens is 264 g/mol. The summed E-state index contributed by atoms with van der Waals surface area (Å²) in [6.07, 6.45) is 9.62. The summed E-state index contributed by atoms with van der Waals surface area (Å²) in [5.41, 5.74) is 3.44. The fraction of sp³-hybridized carbons (Fsp3) is 0.529. The Morgan fingerprint density at radius 1 is 1.38 bits per heavy atom. The van der Waals surface area contributed by atoms with Gasteiger partial charge in [0.25, 0.3) is 0 Å². The van der Waals surface area contributed by atoms with Crippen LogP contribution in [0.25, 0.3) is 6.08 Å². The maximum Gasteiger partial charge on any atom is 0.336 e. The molecule has 0 saturated heterocycles. The standard InChI is InChI=1S/C17H22N2O2/c1-19(2)16(11-5-3-4-6-11)12-9-14-13(17(20)21)7-8-18-15(14)10-12/h7-8,10-11,16H,3-6,9H2,1-2H3,(H,20,21). The highest BCUT2D eigenvalue weighted by Crippen LogP contribution is 2.37. The summed E-state index contributed by atoms with van der Waals surface area (Å²) in [6, 6.07) is 2.02. The Morgan fingerprint density at radius 3 is 2.71 bits per heavy atom. The normalized spacial score (nSPS) is 19.7. The minimum Gasteiger partial charge on any atom is -0.478 e. The number of carbonyl (C=O) groups is 1. The molecule has 112 valence electrons. The van der Waals surface area contributed by atoms with E-state index in [1.54, 1.807) is 12.3 Å². The monoisotopic (exact) mass is 286 g/mol. The molecule has 1 saturated carbocycles. The summed E-state index contributed by atoms with van der Waals surface area (Å²) in [4.78, 5) is 18.0. The number of aromatic nitrogens is 1. The molecule has 4 heteroatoms. The van der Waals surface area contributed by atoms with Crippen LogP contribution in [0.3, 0.4) is 0 Å². The number of rotatable bonds is 4. The first kappa shape index (κ1) is 14.3. The lowest BCUT2D eigenvalue weighted by Gasteiger charge is -2.31. The van der Waals surface area contributed by atoms with Crippen molar-refractivity contribution in [2.45, 2.75) is 38.1 Å². The van der Waals surface area contributed by atoms with Crippen molar-refractivity contribution >= 4 is 12.0 Å². The zero-order valence-corrected chi connectivity index (χ0v) is 12.7. The molecule has 1 aromatic heterocycles.